The monoisotopic (exact) mass is 326 g/mol. The van der Waals surface area contributed by atoms with E-state index in [4.69, 9.17) is 4.74 Å². The Morgan fingerprint density at radius 3 is 2.50 bits per heavy atom. The largest absolute Gasteiger partial charge is 0.489 e. The Bertz CT molecular complexity index is 625. The lowest BCUT2D eigenvalue weighted by atomic mass is 10.2. The summed E-state index contributed by atoms with van der Waals surface area (Å²) in [6.45, 7) is 8.24. The molecule has 0 unspecified atom stereocenters. The molecule has 24 heavy (non-hydrogen) atoms. The second-order valence-electron chi connectivity index (χ2n) is 5.58. The maximum atomic E-state index is 12.2. The van der Waals surface area contributed by atoms with E-state index in [9.17, 15) is 4.79 Å². The number of ether oxygens (including phenoxy) is 1. The Morgan fingerprint density at radius 1 is 1.04 bits per heavy atom. The average molecular weight is 326 g/mol. The summed E-state index contributed by atoms with van der Waals surface area (Å²) in [5, 5.41) is 2.96. The molecule has 2 rings (SSSR count). The summed E-state index contributed by atoms with van der Waals surface area (Å²) in [4.78, 5) is 14.5. The normalized spacial score (nSPS) is 10.6. The van der Waals surface area contributed by atoms with Crippen LogP contribution in [0.25, 0.3) is 0 Å². The van der Waals surface area contributed by atoms with Gasteiger partial charge in [0.2, 0.25) is 0 Å². The molecule has 1 N–H and O–H groups in total. The van der Waals surface area contributed by atoms with E-state index in [1.807, 2.05) is 48.5 Å². The number of likely N-dealkylation sites (N-methyl/N-ethyl adjacent to an activating group) is 1. The van der Waals surface area contributed by atoms with Crippen LogP contribution in [0, 0.1) is 0 Å². The van der Waals surface area contributed by atoms with Gasteiger partial charge >= 0.3 is 0 Å². The van der Waals surface area contributed by atoms with Gasteiger partial charge in [-0.05, 0) is 36.9 Å². The highest BCUT2D eigenvalue weighted by Crippen LogP contribution is 2.15. The molecule has 4 heteroatoms. The molecule has 4 nitrogen and oxygen atoms in total. The summed E-state index contributed by atoms with van der Waals surface area (Å²) < 4.78 is 5.77. The highest BCUT2D eigenvalue weighted by Gasteiger charge is 2.07. The topological polar surface area (TPSA) is 41.6 Å². The number of nitrogens with zero attached hydrogens (tertiary/aromatic N) is 1. The lowest BCUT2D eigenvalue weighted by Gasteiger charge is -2.18. The van der Waals surface area contributed by atoms with Gasteiger partial charge in [0, 0.05) is 18.7 Å². The molecule has 2 aromatic rings. The molecule has 0 atom stereocenters. The van der Waals surface area contributed by atoms with Gasteiger partial charge in [0.15, 0.2) is 0 Å². The van der Waals surface area contributed by atoms with Crippen molar-refractivity contribution in [2.24, 2.45) is 0 Å². The van der Waals surface area contributed by atoms with Crippen molar-refractivity contribution in [1.29, 1.82) is 0 Å². The summed E-state index contributed by atoms with van der Waals surface area (Å²) in [7, 11) is 0. The van der Waals surface area contributed by atoms with Crippen LogP contribution in [0.1, 0.15) is 29.8 Å². The Hall–Kier alpha value is -2.33. The number of benzene rings is 2. The van der Waals surface area contributed by atoms with Gasteiger partial charge < -0.3 is 15.0 Å². The van der Waals surface area contributed by atoms with Crippen LogP contribution >= 0.6 is 0 Å². The summed E-state index contributed by atoms with van der Waals surface area (Å²) >= 11 is 0. The highest BCUT2D eigenvalue weighted by atomic mass is 16.5. The number of carbonyl (C=O) groups is 1. The highest BCUT2D eigenvalue weighted by molar-refractivity contribution is 5.94. The molecule has 0 aliphatic rings. The second kappa shape index (κ2) is 9.73. The SMILES string of the molecule is CCN(CC)CCNC(=O)c1cccc(OCc2ccccc2)c1. The first-order chi connectivity index (χ1) is 11.7. The molecular weight excluding hydrogens is 300 g/mol. The molecule has 0 heterocycles. The Labute approximate surface area is 144 Å². The fourth-order valence-electron chi connectivity index (χ4n) is 2.44. The summed E-state index contributed by atoms with van der Waals surface area (Å²) in [5.41, 5.74) is 1.73. The van der Waals surface area contributed by atoms with E-state index in [2.05, 4.69) is 24.1 Å². The van der Waals surface area contributed by atoms with E-state index in [1.165, 1.54) is 0 Å². The van der Waals surface area contributed by atoms with E-state index < -0.39 is 0 Å². The van der Waals surface area contributed by atoms with Crippen LogP contribution in [0.2, 0.25) is 0 Å². The fraction of sp³-hybridized carbons (Fsp3) is 0.350. The number of hydrogen-bond acceptors (Lipinski definition) is 3. The number of rotatable bonds is 9. The summed E-state index contributed by atoms with van der Waals surface area (Å²) in [6.07, 6.45) is 0. The van der Waals surface area contributed by atoms with Crippen LogP contribution < -0.4 is 10.1 Å². The van der Waals surface area contributed by atoms with Gasteiger partial charge in [-0.1, -0.05) is 50.2 Å². The third-order valence-corrected chi connectivity index (χ3v) is 3.95. The molecule has 0 spiro atoms. The number of nitrogens with one attached hydrogen (secondary N) is 1. The predicted molar refractivity (Wildman–Crippen MR) is 97.3 cm³/mol. The molecule has 0 saturated carbocycles. The van der Waals surface area contributed by atoms with Crippen molar-refractivity contribution in [3.8, 4) is 5.75 Å². The van der Waals surface area contributed by atoms with E-state index in [0.29, 0.717) is 24.5 Å². The van der Waals surface area contributed by atoms with Crippen molar-refractivity contribution in [3.63, 3.8) is 0 Å². The number of carbonyl (C=O) groups excluding carboxylic acids is 1. The minimum Gasteiger partial charge on any atom is -0.489 e. The third kappa shape index (κ3) is 5.70. The smallest absolute Gasteiger partial charge is 0.251 e. The predicted octanol–water partition coefficient (Wildman–Crippen LogP) is 3.34. The van der Waals surface area contributed by atoms with Crippen LogP contribution in [0.3, 0.4) is 0 Å². The van der Waals surface area contributed by atoms with Crippen LogP contribution in [0.4, 0.5) is 0 Å². The summed E-state index contributed by atoms with van der Waals surface area (Å²) in [6, 6.07) is 17.3. The van der Waals surface area contributed by atoms with Crippen LogP contribution in [0.5, 0.6) is 5.75 Å². The zero-order valence-corrected chi connectivity index (χ0v) is 14.5. The van der Waals surface area contributed by atoms with Gasteiger partial charge in [0.25, 0.3) is 5.91 Å². The molecule has 0 aliphatic heterocycles. The van der Waals surface area contributed by atoms with Crippen molar-refractivity contribution in [1.82, 2.24) is 10.2 Å². The van der Waals surface area contributed by atoms with E-state index >= 15 is 0 Å². The zero-order chi connectivity index (χ0) is 17.2. The molecule has 1 amide bonds. The van der Waals surface area contributed by atoms with Gasteiger partial charge in [-0.25, -0.2) is 0 Å². The lowest BCUT2D eigenvalue weighted by Crippen LogP contribution is -2.34. The Balaban J connectivity index is 1.86. The van der Waals surface area contributed by atoms with Gasteiger partial charge in [-0.15, -0.1) is 0 Å². The maximum Gasteiger partial charge on any atom is 0.251 e. The molecule has 2 aromatic carbocycles. The molecule has 0 radical (unpaired) electrons. The van der Waals surface area contributed by atoms with E-state index in [-0.39, 0.29) is 5.91 Å². The minimum absolute atomic E-state index is 0.0627. The first-order valence-electron chi connectivity index (χ1n) is 8.50. The Morgan fingerprint density at radius 2 is 1.79 bits per heavy atom. The molecule has 128 valence electrons. The molecule has 0 aliphatic carbocycles. The fourth-order valence-corrected chi connectivity index (χ4v) is 2.44. The molecular formula is C20H26N2O2. The van der Waals surface area contributed by atoms with E-state index in [1.54, 1.807) is 6.07 Å². The standard InChI is InChI=1S/C20H26N2O2/c1-3-22(4-2)14-13-21-20(23)18-11-8-12-19(15-18)24-16-17-9-6-5-7-10-17/h5-12,15H,3-4,13-14,16H2,1-2H3,(H,21,23). The number of amides is 1. The van der Waals surface area contributed by atoms with Crippen LogP contribution in [-0.2, 0) is 6.61 Å². The van der Waals surface area contributed by atoms with Crippen molar-refractivity contribution < 1.29 is 9.53 Å². The van der Waals surface area contributed by atoms with Gasteiger partial charge in [0.1, 0.15) is 12.4 Å². The van der Waals surface area contributed by atoms with E-state index in [0.717, 1.165) is 25.2 Å². The minimum atomic E-state index is -0.0627. The van der Waals surface area contributed by atoms with Gasteiger partial charge in [0.05, 0.1) is 0 Å². The maximum absolute atomic E-state index is 12.2. The van der Waals surface area contributed by atoms with Gasteiger partial charge in [-0.3, -0.25) is 4.79 Å². The van der Waals surface area contributed by atoms with Crippen molar-refractivity contribution in [2.45, 2.75) is 20.5 Å². The van der Waals surface area contributed by atoms with Crippen LogP contribution in [-0.4, -0.2) is 37.0 Å². The average Bonchev–Trinajstić information content (AvgIpc) is 2.64. The lowest BCUT2D eigenvalue weighted by molar-refractivity contribution is 0.0948. The van der Waals surface area contributed by atoms with Crippen molar-refractivity contribution in [3.05, 3.63) is 65.7 Å². The van der Waals surface area contributed by atoms with Gasteiger partial charge in [-0.2, -0.15) is 0 Å². The second-order valence-corrected chi connectivity index (χ2v) is 5.58. The molecule has 0 bridgehead atoms. The first kappa shape index (κ1) is 18.0. The Kier molecular flexibility index (Phi) is 7.30. The summed E-state index contributed by atoms with van der Waals surface area (Å²) in [5.74, 6) is 0.641. The first-order valence-corrected chi connectivity index (χ1v) is 8.50. The molecule has 0 aromatic heterocycles. The third-order valence-electron chi connectivity index (χ3n) is 3.95. The molecule has 0 saturated heterocycles. The number of hydrogen-bond donors (Lipinski definition) is 1. The molecule has 0 fully saturated rings. The zero-order valence-electron chi connectivity index (χ0n) is 14.5. The van der Waals surface area contributed by atoms with Crippen LogP contribution in [0.15, 0.2) is 54.6 Å². The van der Waals surface area contributed by atoms with Crippen molar-refractivity contribution in [2.75, 3.05) is 26.2 Å². The van der Waals surface area contributed by atoms with Crippen molar-refractivity contribution >= 4 is 5.91 Å². The quantitative estimate of drug-likeness (QED) is 0.768.